The van der Waals surface area contributed by atoms with E-state index < -0.39 is 20.6 Å². The third kappa shape index (κ3) is 2.99. The van der Waals surface area contributed by atoms with Gasteiger partial charge in [0.15, 0.2) is 5.78 Å². The zero-order valence-electron chi connectivity index (χ0n) is 7.74. The number of halogens is 2. The van der Waals surface area contributed by atoms with Gasteiger partial charge in [0, 0.05) is 0 Å². The molecule has 1 rings (SSSR count). The van der Waals surface area contributed by atoms with Crippen LogP contribution in [0.4, 0.5) is 0 Å². The van der Waals surface area contributed by atoms with Gasteiger partial charge >= 0.3 is 8.69 Å². The molecule has 0 N–H and O–H groups in total. The van der Waals surface area contributed by atoms with Gasteiger partial charge in [0.05, 0.1) is 15.6 Å². The quantitative estimate of drug-likeness (QED) is 0.614. The van der Waals surface area contributed by atoms with Crippen LogP contribution < -0.4 is 0 Å². The largest absolute Gasteiger partial charge is 0.328 e. The number of carbonyl (C=O) groups excluding carboxylic acids is 1. The summed E-state index contributed by atoms with van der Waals surface area (Å²) in [6.45, 7) is 1.48. The van der Waals surface area contributed by atoms with Gasteiger partial charge in [0.2, 0.25) is 0 Å². The standard InChI is InChI=1S/C9H7Cl2O3P/c1-5(14-15-13)9(12)8-6(10)3-2-4-7(8)11/h2-5H,1H3. The van der Waals surface area contributed by atoms with Gasteiger partial charge in [0.1, 0.15) is 6.10 Å². The molecule has 0 radical (unpaired) electrons. The van der Waals surface area contributed by atoms with E-state index in [0.29, 0.717) is 0 Å². The van der Waals surface area contributed by atoms with Crippen LogP contribution in [-0.2, 0) is 9.09 Å². The van der Waals surface area contributed by atoms with Gasteiger partial charge in [-0.25, -0.2) is 4.57 Å². The topological polar surface area (TPSA) is 43.4 Å². The molecular weight excluding hydrogens is 258 g/mol. The number of carbonyl (C=O) groups is 1. The maximum atomic E-state index is 11.7. The molecule has 0 saturated carbocycles. The fourth-order valence-corrected chi connectivity index (χ4v) is 1.86. The summed E-state index contributed by atoms with van der Waals surface area (Å²) >= 11 is 11.7. The van der Waals surface area contributed by atoms with Crippen LogP contribution in [0.5, 0.6) is 0 Å². The van der Waals surface area contributed by atoms with E-state index in [1.54, 1.807) is 18.2 Å². The summed E-state index contributed by atoms with van der Waals surface area (Å²) in [5.41, 5.74) is 0.192. The Morgan fingerprint density at radius 2 is 1.93 bits per heavy atom. The summed E-state index contributed by atoms with van der Waals surface area (Å²) in [5, 5.41) is 0.510. The van der Waals surface area contributed by atoms with Crippen LogP contribution in [0.15, 0.2) is 18.2 Å². The number of hydrogen-bond acceptors (Lipinski definition) is 3. The van der Waals surface area contributed by atoms with Crippen LogP contribution >= 0.6 is 31.9 Å². The number of Topliss-reactive ketones (excluding diaryl/α,β-unsaturated/α-hetero) is 1. The average Bonchev–Trinajstić information content (AvgIpc) is 2.17. The molecule has 0 aliphatic heterocycles. The van der Waals surface area contributed by atoms with Crippen molar-refractivity contribution in [1.82, 2.24) is 0 Å². The van der Waals surface area contributed by atoms with Crippen molar-refractivity contribution in [2.24, 2.45) is 0 Å². The Hall–Kier alpha value is -0.470. The lowest BCUT2D eigenvalue weighted by Crippen LogP contribution is -2.18. The van der Waals surface area contributed by atoms with E-state index in [1.165, 1.54) is 6.92 Å². The molecule has 1 aromatic carbocycles. The summed E-state index contributed by atoms with van der Waals surface area (Å²) < 4.78 is 14.8. The molecule has 0 aliphatic rings. The fraction of sp³-hybridized carbons (Fsp3) is 0.222. The Morgan fingerprint density at radius 1 is 1.40 bits per heavy atom. The van der Waals surface area contributed by atoms with Crippen LogP contribution in [0.25, 0.3) is 0 Å². The van der Waals surface area contributed by atoms with Gasteiger partial charge < -0.3 is 0 Å². The first kappa shape index (κ1) is 12.6. The molecule has 0 aliphatic carbocycles. The van der Waals surface area contributed by atoms with E-state index in [-0.39, 0.29) is 15.6 Å². The Bertz CT molecular complexity index is 375. The summed E-state index contributed by atoms with van der Waals surface area (Å²) in [4.78, 5) is 11.7. The van der Waals surface area contributed by atoms with Crippen LogP contribution in [0.1, 0.15) is 17.3 Å². The van der Waals surface area contributed by atoms with Crippen molar-refractivity contribution in [3.05, 3.63) is 33.8 Å². The van der Waals surface area contributed by atoms with Crippen molar-refractivity contribution in [3.8, 4) is 0 Å². The zero-order chi connectivity index (χ0) is 11.4. The molecule has 0 bridgehead atoms. The lowest BCUT2D eigenvalue weighted by molar-refractivity contribution is 0.0836. The Labute approximate surface area is 98.6 Å². The SMILES string of the molecule is CC(OP=O)C(=O)c1c(Cl)cccc1Cl. The predicted octanol–water partition coefficient (Wildman–Crippen LogP) is 3.79. The van der Waals surface area contributed by atoms with E-state index in [1.807, 2.05) is 0 Å². The third-order valence-corrected chi connectivity index (χ3v) is 2.81. The Balaban J connectivity index is 3.05. The van der Waals surface area contributed by atoms with Crippen molar-refractivity contribution in [3.63, 3.8) is 0 Å². The maximum Gasteiger partial charge on any atom is 0.328 e. The second kappa shape index (κ2) is 5.57. The fourth-order valence-electron chi connectivity index (χ4n) is 1.05. The molecule has 1 aromatic rings. The first-order valence-corrected chi connectivity index (χ1v) is 5.53. The minimum atomic E-state index is -0.846. The van der Waals surface area contributed by atoms with Gasteiger partial charge in [0.25, 0.3) is 0 Å². The lowest BCUT2D eigenvalue weighted by atomic mass is 10.1. The molecule has 0 aromatic heterocycles. The van der Waals surface area contributed by atoms with E-state index in [2.05, 4.69) is 4.52 Å². The van der Waals surface area contributed by atoms with E-state index in [9.17, 15) is 9.36 Å². The minimum Gasteiger partial charge on any atom is -0.291 e. The third-order valence-electron chi connectivity index (χ3n) is 1.78. The minimum absolute atomic E-state index is 0.192. The smallest absolute Gasteiger partial charge is 0.291 e. The normalized spacial score (nSPS) is 12.7. The van der Waals surface area contributed by atoms with Crippen molar-refractivity contribution in [2.75, 3.05) is 0 Å². The highest BCUT2D eigenvalue weighted by Crippen LogP contribution is 2.26. The lowest BCUT2D eigenvalue weighted by Gasteiger charge is -2.09. The first-order chi connectivity index (χ1) is 7.07. The molecule has 0 spiro atoms. The predicted molar refractivity (Wildman–Crippen MR) is 58.9 cm³/mol. The van der Waals surface area contributed by atoms with Crippen molar-refractivity contribution < 1.29 is 13.9 Å². The second-order valence-corrected chi connectivity index (χ2v) is 3.96. The summed E-state index contributed by atoms with van der Waals surface area (Å²) in [6, 6.07) is 4.75. The molecule has 0 saturated heterocycles. The van der Waals surface area contributed by atoms with Crippen LogP contribution in [0, 0.1) is 0 Å². The molecule has 0 amide bonds. The Kier molecular flexibility index (Phi) is 4.68. The number of ketones is 1. The maximum absolute atomic E-state index is 11.7. The second-order valence-electron chi connectivity index (χ2n) is 2.78. The van der Waals surface area contributed by atoms with Gasteiger partial charge in [-0.1, -0.05) is 29.3 Å². The molecule has 3 nitrogen and oxygen atoms in total. The van der Waals surface area contributed by atoms with Crippen molar-refractivity contribution in [2.45, 2.75) is 13.0 Å². The number of hydrogen-bond donors (Lipinski definition) is 0. The van der Waals surface area contributed by atoms with Crippen molar-refractivity contribution >= 4 is 37.7 Å². The molecule has 0 fully saturated rings. The Morgan fingerprint density at radius 3 is 2.40 bits per heavy atom. The summed E-state index contributed by atoms with van der Waals surface area (Å²) in [5.74, 6) is -0.394. The molecule has 6 heteroatoms. The van der Waals surface area contributed by atoms with E-state index in [0.717, 1.165) is 0 Å². The molecular formula is C9H7Cl2O3P. The summed E-state index contributed by atoms with van der Waals surface area (Å²) in [7, 11) is -0.550. The van der Waals surface area contributed by atoms with Crippen molar-refractivity contribution in [1.29, 1.82) is 0 Å². The van der Waals surface area contributed by atoms with E-state index in [4.69, 9.17) is 23.2 Å². The van der Waals surface area contributed by atoms with Crippen LogP contribution in [-0.4, -0.2) is 11.9 Å². The van der Waals surface area contributed by atoms with Crippen LogP contribution in [0.3, 0.4) is 0 Å². The highest BCUT2D eigenvalue weighted by atomic mass is 35.5. The van der Waals surface area contributed by atoms with Gasteiger partial charge in [-0.05, 0) is 19.1 Å². The molecule has 1 atom stereocenters. The molecule has 15 heavy (non-hydrogen) atoms. The van der Waals surface area contributed by atoms with Crippen LogP contribution in [0.2, 0.25) is 10.0 Å². The van der Waals surface area contributed by atoms with Gasteiger partial charge in [-0.15, -0.1) is 0 Å². The monoisotopic (exact) mass is 264 g/mol. The first-order valence-electron chi connectivity index (χ1n) is 4.04. The molecule has 1 unspecified atom stereocenters. The molecule has 0 heterocycles. The summed E-state index contributed by atoms with van der Waals surface area (Å²) in [6.07, 6.45) is -0.846. The van der Waals surface area contributed by atoms with Gasteiger partial charge in [-0.2, -0.15) is 0 Å². The number of benzene rings is 1. The highest BCUT2D eigenvalue weighted by Gasteiger charge is 2.21. The zero-order valence-corrected chi connectivity index (χ0v) is 10.1. The number of rotatable bonds is 4. The van der Waals surface area contributed by atoms with Gasteiger partial charge in [-0.3, -0.25) is 9.32 Å². The van der Waals surface area contributed by atoms with E-state index >= 15 is 0 Å². The highest BCUT2D eigenvalue weighted by molar-refractivity contribution is 7.17. The molecule has 80 valence electrons. The average molecular weight is 265 g/mol.